The lowest BCUT2D eigenvalue weighted by Crippen LogP contribution is -2.36. The van der Waals surface area contributed by atoms with Crippen LogP contribution in [-0.4, -0.2) is 62.2 Å². The summed E-state index contributed by atoms with van der Waals surface area (Å²) in [7, 11) is -0.912. The van der Waals surface area contributed by atoms with E-state index in [1.807, 2.05) is 0 Å². The second-order valence-electron chi connectivity index (χ2n) is 14.0. The third kappa shape index (κ3) is 6.83. The van der Waals surface area contributed by atoms with Crippen molar-refractivity contribution in [2.45, 2.75) is 43.6 Å². The van der Waals surface area contributed by atoms with Gasteiger partial charge in [0.15, 0.2) is 17.2 Å². The van der Waals surface area contributed by atoms with Gasteiger partial charge in [-0.1, -0.05) is 29.8 Å². The largest absolute Gasteiger partial charge is 0.435 e. The predicted molar refractivity (Wildman–Crippen MR) is 195 cm³/mol. The van der Waals surface area contributed by atoms with E-state index in [-0.39, 0.29) is 57.2 Å². The number of halogens is 8. The first-order valence-electron chi connectivity index (χ1n) is 17.2. The number of amides is 1. The molecule has 0 radical (unpaired) electrons. The van der Waals surface area contributed by atoms with Crippen LogP contribution in [0, 0.1) is 17.6 Å². The first-order chi connectivity index (χ1) is 27.2. The van der Waals surface area contributed by atoms with Gasteiger partial charge in [0.25, 0.3) is 5.92 Å². The van der Waals surface area contributed by atoms with Crippen LogP contribution in [0.15, 0.2) is 48.6 Å². The van der Waals surface area contributed by atoms with Gasteiger partial charge in [-0.2, -0.15) is 32.1 Å². The number of pyridine rings is 1. The fraction of sp³-hybridized carbons (Fsp3) is 0.306. The minimum Gasteiger partial charge on any atom is -0.377 e. The maximum atomic E-state index is 15.6. The van der Waals surface area contributed by atoms with Gasteiger partial charge in [0, 0.05) is 42.8 Å². The quantitative estimate of drug-likeness (QED) is 0.0965. The molecule has 58 heavy (non-hydrogen) atoms. The van der Waals surface area contributed by atoms with E-state index in [2.05, 4.69) is 30.2 Å². The lowest BCUT2D eigenvalue weighted by atomic mass is 9.81. The number of aryl methyl sites for hydroxylation is 1. The number of sulfonamides is 1. The highest BCUT2D eigenvalue weighted by atomic mass is 35.5. The molecule has 0 saturated carbocycles. The van der Waals surface area contributed by atoms with E-state index in [4.69, 9.17) is 21.3 Å². The minimum absolute atomic E-state index is 0.00215. The molecule has 3 N–H and O–H groups in total. The van der Waals surface area contributed by atoms with Crippen LogP contribution in [-0.2, 0) is 58.3 Å². The number of aromatic nitrogens is 7. The fourth-order valence-electron chi connectivity index (χ4n) is 7.67. The first-order valence-corrected chi connectivity index (χ1v) is 19.5. The summed E-state index contributed by atoms with van der Waals surface area (Å²) < 4.78 is 137. The number of benzene rings is 2. The molecule has 2 aliphatic carbocycles. The van der Waals surface area contributed by atoms with E-state index in [1.165, 1.54) is 31.0 Å². The van der Waals surface area contributed by atoms with Crippen molar-refractivity contribution < 1.29 is 48.7 Å². The number of nitrogens with zero attached hydrogens (tertiary/aromatic N) is 6. The van der Waals surface area contributed by atoms with Crippen molar-refractivity contribution in [1.29, 1.82) is 0 Å². The molecule has 1 unspecified atom stereocenters. The lowest BCUT2D eigenvalue weighted by Gasteiger charge is -2.27. The van der Waals surface area contributed by atoms with Crippen molar-refractivity contribution >= 4 is 55.4 Å². The molecule has 0 aliphatic heterocycles. The molecule has 4 heterocycles. The summed E-state index contributed by atoms with van der Waals surface area (Å²) in [5.74, 6) is -9.37. The summed E-state index contributed by atoms with van der Waals surface area (Å²) in [6, 6.07) is 5.85. The van der Waals surface area contributed by atoms with Gasteiger partial charge in [0.05, 0.1) is 45.4 Å². The Hall–Kier alpha value is -5.54. The molecule has 13 nitrogen and oxygen atoms in total. The van der Waals surface area contributed by atoms with Crippen LogP contribution in [0.3, 0.4) is 0 Å². The highest BCUT2D eigenvalue weighted by Crippen LogP contribution is 2.60. The van der Waals surface area contributed by atoms with Gasteiger partial charge < -0.3 is 15.0 Å². The van der Waals surface area contributed by atoms with Crippen molar-refractivity contribution in [3.8, 4) is 11.1 Å². The molecule has 0 bridgehead atoms. The molecular weight excluding hydrogens is 823 g/mol. The van der Waals surface area contributed by atoms with Gasteiger partial charge in [-0.15, -0.1) is 0 Å². The van der Waals surface area contributed by atoms with Gasteiger partial charge in [-0.05, 0) is 36.2 Å². The molecular formula is C36H29ClF7N9O4S. The molecule has 2 aromatic carbocycles. The molecule has 2 aliphatic rings. The number of alkyl halides is 5. The standard InChI is InChI=1S/C36H29ClF7N9O4S/c1-52-30-18(5-7-22(37)28(30)34(50-52)51-58(3,55)56)20-12-24-33(47-25(45-24)14-57-2)48-29(20)23(10-15-8-16(38)11-17(39)9-15)46-26(54)13-53-32-27(31(49-53)36(42,43)44)19-4-6-21(19)35(32,40)41/h4-9,11-12,19,21,23H,10,13-14H2,1-3H3,(H,46,54)(H,50,51)(H,45,47,48)/t19-,21+,23?/m0/s1. The number of imidazole rings is 1. The normalized spacial score (nSPS) is 17.7. The topological polar surface area (TPSA) is 162 Å². The van der Waals surface area contributed by atoms with Crippen LogP contribution in [0.1, 0.15) is 46.0 Å². The van der Waals surface area contributed by atoms with E-state index < -0.39 is 81.0 Å². The number of methoxy groups -OCH3 is 1. The van der Waals surface area contributed by atoms with Crippen molar-refractivity contribution in [1.82, 2.24) is 39.8 Å². The maximum Gasteiger partial charge on any atom is 0.435 e. The summed E-state index contributed by atoms with van der Waals surface area (Å²) in [5, 5.41) is 10.7. The Bertz CT molecular complexity index is 2800. The van der Waals surface area contributed by atoms with E-state index in [0.29, 0.717) is 27.7 Å². The molecule has 0 fully saturated rings. The van der Waals surface area contributed by atoms with Crippen LogP contribution in [0.25, 0.3) is 33.2 Å². The Morgan fingerprint density at radius 3 is 2.43 bits per heavy atom. The van der Waals surface area contributed by atoms with Gasteiger partial charge >= 0.3 is 6.18 Å². The van der Waals surface area contributed by atoms with Gasteiger partial charge in [-0.3, -0.25) is 18.9 Å². The number of carbonyl (C=O) groups is 1. The minimum atomic E-state index is -5.12. The highest BCUT2D eigenvalue weighted by Gasteiger charge is 2.61. The highest BCUT2D eigenvalue weighted by molar-refractivity contribution is 7.92. The van der Waals surface area contributed by atoms with Crippen LogP contribution in [0.2, 0.25) is 5.02 Å². The Kier molecular flexibility index (Phi) is 9.35. The smallest absolute Gasteiger partial charge is 0.377 e. The van der Waals surface area contributed by atoms with E-state index in [0.717, 1.165) is 24.5 Å². The van der Waals surface area contributed by atoms with Gasteiger partial charge in [0.2, 0.25) is 15.9 Å². The summed E-state index contributed by atoms with van der Waals surface area (Å²) in [6.07, 6.45) is -2.25. The number of nitrogens with one attached hydrogen (secondary N) is 3. The second-order valence-corrected chi connectivity index (χ2v) is 16.2. The Morgan fingerprint density at radius 1 is 1.07 bits per heavy atom. The molecule has 8 rings (SSSR count). The molecule has 22 heteroatoms. The number of hydrogen-bond donors (Lipinski definition) is 3. The number of allylic oxidation sites excluding steroid dienone is 2. The van der Waals surface area contributed by atoms with Crippen molar-refractivity contribution in [2.75, 3.05) is 18.1 Å². The van der Waals surface area contributed by atoms with E-state index in [9.17, 15) is 35.2 Å². The van der Waals surface area contributed by atoms with Crippen molar-refractivity contribution in [3.63, 3.8) is 0 Å². The number of fused-ring (bicyclic) bond motifs is 5. The van der Waals surface area contributed by atoms with Crippen LogP contribution in [0.4, 0.5) is 36.6 Å². The van der Waals surface area contributed by atoms with Crippen LogP contribution in [0.5, 0.6) is 0 Å². The van der Waals surface area contributed by atoms with Gasteiger partial charge in [0.1, 0.15) is 36.3 Å². The predicted octanol–water partition coefficient (Wildman–Crippen LogP) is 6.65. The third-order valence-electron chi connectivity index (χ3n) is 9.90. The number of carbonyl (C=O) groups excluding carboxylic acids is 1. The van der Waals surface area contributed by atoms with Crippen molar-refractivity contribution in [2.24, 2.45) is 13.0 Å². The average molecular weight is 852 g/mol. The molecule has 0 saturated heterocycles. The van der Waals surface area contributed by atoms with Crippen molar-refractivity contribution in [3.05, 3.63) is 99.2 Å². The Labute approximate surface area is 328 Å². The van der Waals surface area contributed by atoms with E-state index >= 15 is 8.78 Å². The number of anilines is 1. The SMILES string of the molecule is COCc1nc2nc(C(Cc3cc(F)cc(F)c3)NC(=O)Cn3nc(C(F)(F)F)c4c3C(F)(F)[C@@H]3C=C[C@H]43)c(-c3ccc(Cl)c4c(NS(C)(=O)=O)nn(C)c34)cc2[nH]1. The molecule has 0 spiro atoms. The van der Waals surface area contributed by atoms with Gasteiger partial charge in [-0.25, -0.2) is 27.2 Å². The second kappa shape index (κ2) is 13.8. The van der Waals surface area contributed by atoms with Crippen LogP contribution < -0.4 is 10.0 Å². The van der Waals surface area contributed by atoms with Crippen LogP contribution >= 0.6 is 11.6 Å². The fourth-order valence-corrected chi connectivity index (χ4v) is 8.41. The number of hydrogen-bond acceptors (Lipinski definition) is 8. The summed E-state index contributed by atoms with van der Waals surface area (Å²) in [6.45, 7) is -1.08. The number of ether oxygens (including phenoxy) is 1. The molecule has 304 valence electrons. The zero-order valence-corrected chi connectivity index (χ0v) is 31.8. The molecule has 1 amide bonds. The zero-order valence-electron chi connectivity index (χ0n) is 30.2. The Morgan fingerprint density at radius 2 is 1.79 bits per heavy atom. The maximum absolute atomic E-state index is 15.6. The first kappa shape index (κ1) is 39.3. The lowest BCUT2D eigenvalue weighted by molar-refractivity contribution is -0.142. The third-order valence-corrected chi connectivity index (χ3v) is 10.8. The summed E-state index contributed by atoms with van der Waals surface area (Å²) in [4.78, 5) is 26.3. The van der Waals surface area contributed by atoms with E-state index in [1.54, 1.807) is 12.1 Å². The number of rotatable bonds is 11. The monoisotopic (exact) mass is 851 g/mol. The average Bonchev–Trinajstić information content (AvgIpc) is 3.78. The number of H-pyrrole nitrogens is 1. The zero-order chi connectivity index (χ0) is 41.6. The summed E-state index contributed by atoms with van der Waals surface area (Å²) >= 11 is 6.60. The summed E-state index contributed by atoms with van der Waals surface area (Å²) in [5.41, 5.74) is -2.02. The number of aromatic amines is 1. The Balaban J connectivity index is 1.29. The molecule has 3 atom stereocenters. The molecule has 6 aromatic rings. The molecule has 4 aromatic heterocycles.